The molecule has 4 nitrogen and oxygen atoms in total. The van der Waals surface area contributed by atoms with Crippen LogP contribution < -0.4 is 4.90 Å². The van der Waals surface area contributed by atoms with E-state index in [2.05, 4.69) is 34.1 Å². The number of hydrogen-bond donors (Lipinski definition) is 0. The Balaban J connectivity index is 1.67. The molecule has 1 aromatic heterocycles. The number of hydrogen-bond acceptors (Lipinski definition) is 5. The molecule has 0 radical (unpaired) electrons. The maximum Gasteiger partial charge on any atom is 0.306 e. The average Bonchev–Trinajstić information content (AvgIpc) is 3.12. The fraction of sp³-hybridized carbons (Fsp3) is 0.375. The molecule has 0 saturated carbocycles. The van der Waals surface area contributed by atoms with Crippen LogP contribution in [0.2, 0.25) is 0 Å². The molecule has 0 saturated heterocycles. The molecule has 0 spiro atoms. The molecule has 0 aliphatic carbocycles. The highest BCUT2D eigenvalue weighted by Crippen LogP contribution is 2.35. The zero-order chi connectivity index (χ0) is 14.7. The molecular formula is C16H18N2O2S. The van der Waals surface area contributed by atoms with Gasteiger partial charge >= 0.3 is 5.97 Å². The topological polar surface area (TPSA) is 42.4 Å². The molecule has 21 heavy (non-hydrogen) atoms. The normalized spacial score (nSPS) is 13.3. The van der Waals surface area contributed by atoms with E-state index in [1.807, 2.05) is 12.3 Å². The quantitative estimate of drug-likeness (QED) is 0.795. The fourth-order valence-electron chi connectivity index (χ4n) is 2.54. The summed E-state index contributed by atoms with van der Waals surface area (Å²) in [7, 11) is 0. The highest BCUT2D eigenvalue weighted by atomic mass is 32.1. The van der Waals surface area contributed by atoms with Crippen LogP contribution in [-0.4, -0.2) is 24.1 Å². The Hall–Kier alpha value is -1.88. The van der Waals surface area contributed by atoms with Gasteiger partial charge in [-0.05, 0) is 25.0 Å². The Bertz CT molecular complexity index is 639. The first-order valence-electron chi connectivity index (χ1n) is 7.23. The lowest BCUT2D eigenvalue weighted by atomic mass is 10.2. The molecule has 1 aliphatic heterocycles. The molecule has 0 fully saturated rings. The minimum atomic E-state index is -0.154. The van der Waals surface area contributed by atoms with Crippen LogP contribution in [-0.2, 0) is 22.4 Å². The van der Waals surface area contributed by atoms with Gasteiger partial charge < -0.3 is 9.64 Å². The Morgan fingerprint density at radius 1 is 1.43 bits per heavy atom. The summed E-state index contributed by atoms with van der Waals surface area (Å²) in [5.41, 5.74) is 3.59. The number of esters is 1. The lowest BCUT2D eigenvalue weighted by Gasteiger charge is -2.15. The van der Waals surface area contributed by atoms with Gasteiger partial charge in [-0.2, -0.15) is 0 Å². The standard InChI is InChI=1S/C16H18N2O2S/c1-2-20-15(19)8-7-13-11-21-16(17-13)18-10-9-12-5-3-4-6-14(12)18/h3-6,11H,2,7-10H2,1H3. The van der Waals surface area contributed by atoms with Crippen LogP contribution in [0.4, 0.5) is 10.8 Å². The molecule has 0 amide bonds. The van der Waals surface area contributed by atoms with Gasteiger partial charge in [0.15, 0.2) is 5.13 Å². The largest absolute Gasteiger partial charge is 0.466 e. The predicted octanol–water partition coefficient (Wildman–Crippen LogP) is 3.33. The van der Waals surface area contributed by atoms with Gasteiger partial charge in [-0.1, -0.05) is 18.2 Å². The Kier molecular flexibility index (Phi) is 4.20. The molecule has 1 aromatic carbocycles. The Morgan fingerprint density at radius 3 is 3.14 bits per heavy atom. The number of anilines is 2. The molecule has 0 atom stereocenters. The molecule has 0 bridgehead atoms. The number of benzene rings is 1. The molecule has 0 unspecified atom stereocenters. The first-order chi connectivity index (χ1) is 10.3. The summed E-state index contributed by atoms with van der Waals surface area (Å²) in [5.74, 6) is -0.154. The van der Waals surface area contributed by atoms with Gasteiger partial charge in [0.1, 0.15) is 0 Å². The van der Waals surface area contributed by atoms with Crippen molar-refractivity contribution >= 4 is 28.1 Å². The molecule has 1 aliphatic rings. The van der Waals surface area contributed by atoms with E-state index in [4.69, 9.17) is 4.74 Å². The van der Waals surface area contributed by atoms with Gasteiger partial charge in [0.25, 0.3) is 0 Å². The van der Waals surface area contributed by atoms with Crippen LogP contribution in [0.3, 0.4) is 0 Å². The van der Waals surface area contributed by atoms with Gasteiger partial charge in [-0.25, -0.2) is 4.98 Å². The van der Waals surface area contributed by atoms with Crippen molar-refractivity contribution in [3.05, 3.63) is 40.9 Å². The van der Waals surface area contributed by atoms with Crippen molar-refractivity contribution in [2.24, 2.45) is 0 Å². The van der Waals surface area contributed by atoms with Crippen molar-refractivity contribution in [3.8, 4) is 0 Å². The maximum atomic E-state index is 11.4. The lowest BCUT2D eigenvalue weighted by Crippen LogP contribution is -2.13. The van der Waals surface area contributed by atoms with E-state index in [1.165, 1.54) is 11.3 Å². The van der Waals surface area contributed by atoms with E-state index < -0.39 is 0 Å². The van der Waals surface area contributed by atoms with Crippen LogP contribution >= 0.6 is 11.3 Å². The third-order valence-electron chi connectivity index (χ3n) is 3.55. The van der Waals surface area contributed by atoms with Crippen LogP contribution in [0, 0.1) is 0 Å². The van der Waals surface area contributed by atoms with Crippen LogP contribution in [0.15, 0.2) is 29.6 Å². The number of para-hydroxylation sites is 1. The van der Waals surface area contributed by atoms with Crippen LogP contribution in [0.5, 0.6) is 0 Å². The first kappa shape index (κ1) is 14.1. The van der Waals surface area contributed by atoms with Crippen molar-refractivity contribution in [2.75, 3.05) is 18.1 Å². The van der Waals surface area contributed by atoms with Crippen molar-refractivity contribution in [2.45, 2.75) is 26.2 Å². The monoisotopic (exact) mass is 302 g/mol. The van der Waals surface area contributed by atoms with Gasteiger partial charge in [0, 0.05) is 24.0 Å². The minimum absolute atomic E-state index is 0.154. The second-order valence-electron chi connectivity index (χ2n) is 4.96. The maximum absolute atomic E-state index is 11.4. The Morgan fingerprint density at radius 2 is 2.29 bits per heavy atom. The Labute approximate surface area is 128 Å². The molecule has 5 heteroatoms. The van der Waals surface area contributed by atoms with Crippen LogP contribution in [0.25, 0.3) is 0 Å². The number of fused-ring (bicyclic) bond motifs is 1. The molecule has 3 rings (SSSR count). The summed E-state index contributed by atoms with van der Waals surface area (Å²) in [6.45, 7) is 3.24. The highest BCUT2D eigenvalue weighted by Gasteiger charge is 2.22. The predicted molar refractivity (Wildman–Crippen MR) is 84.2 cm³/mol. The summed E-state index contributed by atoms with van der Waals surface area (Å²) < 4.78 is 4.94. The molecule has 110 valence electrons. The number of carbonyl (C=O) groups excluding carboxylic acids is 1. The first-order valence-corrected chi connectivity index (χ1v) is 8.11. The second-order valence-corrected chi connectivity index (χ2v) is 5.79. The summed E-state index contributed by atoms with van der Waals surface area (Å²) in [6.07, 6.45) is 2.10. The highest BCUT2D eigenvalue weighted by molar-refractivity contribution is 7.13. The minimum Gasteiger partial charge on any atom is -0.466 e. The average molecular weight is 302 g/mol. The fourth-order valence-corrected chi connectivity index (χ4v) is 3.43. The van der Waals surface area contributed by atoms with E-state index in [0.29, 0.717) is 19.4 Å². The van der Waals surface area contributed by atoms with E-state index in [1.54, 1.807) is 11.3 Å². The molecule has 2 aromatic rings. The smallest absolute Gasteiger partial charge is 0.306 e. The van der Waals surface area contributed by atoms with E-state index >= 15 is 0 Å². The SMILES string of the molecule is CCOC(=O)CCc1csc(N2CCc3ccccc32)n1. The zero-order valence-corrected chi connectivity index (χ0v) is 12.9. The van der Waals surface area contributed by atoms with E-state index in [0.717, 1.165) is 23.8 Å². The number of nitrogens with zero attached hydrogens (tertiary/aromatic N) is 2. The third kappa shape index (κ3) is 3.08. The van der Waals surface area contributed by atoms with E-state index in [-0.39, 0.29) is 5.97 Å². The van der Waals surface area contributed by atoms with Crippen molar-refractivity contribution in [1.29, 1.82) is 0 Å². The number of ether oxygens (including phenoxy) is 1. The van der Waals surface area contributed by atoms with Crippen molar-refractivity contribution < 1.29 is 9.53 Å². The van der Waals surface area contributed by atoms with Gasteiger partial charge in [0.05, 0.1) is 18.7 Å². The van der Waals surface area contributed by atoms with Gasteiger partial charge in [-0.15, -0.1) is 11.3 Å². The molecule has 2 heterocycles. The van der Waals surface area contributed by atoms with Crippen LogP contribution in [0.1, 0.15) is 24.6 Å². The van der Waals surface area contributed by atoms with Gasteiger partial charge in [0.2, 0.25) is 0 Å². The summed E-state index contributed by atoms with van der Waals surface area (Å²) in [5, 5.41) is 3.05. The van der Waals surface area contributed by atoms with E-state index in [9.17, 15) is 4.79 Å². The van der Waals surface area contributed by atoms with Crippen molar-refractivity contribution in [3.63, 3.8) is 0 Å². The van der Waals surface area contributed by atoms with Crippen molar-refractivity contribution in [1.82, 2.24) is 4.98 Å². The number of aryl methyl sites for hydroxylation is 1. The third-order valence-corrected chi connectivity index (χ3v) is 4.46. The zero-order valence-electron chi connectivity index (χ0n) is 12.0. The summed E-state index contributed by atoms with van der Waals surface area (Å²) in [4.78, 5) is 18.3. The summed E-state index contributed by atoms with van der Waals surface area (Å²) in [6, 6.07) is 8.45. The number of thiazole rings is 1. The lowest BCUT2D eigenvalue weighted by molar-refractivity contribution is -0.143. The van der Waals surface area contributed by atoms with Gasteiger partial charge in [-0.3, -0.25) is 4.79 Å². The number of rotatable bonds is 5. The number of carbonyl (C=O) groups is 1. The molecular weight excluding hydrogens is 284 g/mol. The molecule has 0 N–H and O–H groups in total. The number of aromatic nitrogens is 1. The second kappa shape index (κ2) is 6.26. The summed E-state index contributed by atoms with van der Waals surface area (Å²) >= 11 is 1.64.